The zero-order chi connectivity index (χ0) is 10.8. The molecule has 0 aliphatic heterocycles. The monoisotopic (exact) mass is 193 g/mol. The topological polar surface area (TPSA) is 35.2 Å². The van der Waals surface area contributed by atoms with Crippen molar-refractivity contribution >= 4 is 5.69 Å². The summed E-state index contributed by atoms with van der Waals surface area (Å²) in [6.07, 6.45) is 1.10. The SMILES string of the molecule is CCC(C)(C)c1ccc(OC)c(N)c1. The van der Waals surface area contributed by atoms with Gasteiger partial charge in [-0.25, -0.2) is 0 Å². The Labute approximate surface area is 86.1 Å². The Morgan fingerprint density at radius 1 is 1.36 bits per heavy atom. The van der Waals surface area contributed by atoms with Crippen LogP contribution in [0.4, 0.5) is 5.69 Å². The fourth-order valence-electron chi connectivity index (χ4n) is 1.36. The van der Waals surface area contributed by atoms with E-state index in [0.29, 0.717) is 5.69 Å². The second-order valence-electron chi connectivity index (χ2n) is 4.19. The molecule has 0 spiro atoms. The minimum atomic E-state index is 0.181. The molecule has 0 unspecified atom stereocenters. The molecule has 0 amide bonds. The Morgan fingerprint density at radius 2 is 2.00 bits per heavy atom. The van der Waals surface area contributed by atoms with E-state index in [1.807, 2.05) is 12.1 Å². The Morgan fingerprint density at radius 3 is 2.43 bits per heavy atom. The van der Waals surface area contributed by atoms with E-state index in [1.165, 1.54) is 5.56 Å². The minimum absolute atomic E-state index is 0.181. The molecule has 0 saturated carbocycles. The van der Waals surface area contributed by atoms with Gasteiger partial charge in [0.1, 0.15) is 5.75 Å². The highest BCUT2D eigenvalue weighted by Gasteiger charge is 2.18. The number of rotatable bonds is 3. The first-order valence-electron chi connectivity index (χ1n) is 4.95. The van der Waals surface area contributed by atoms with Crippen LogP contribution in [0.2, 0.25) is 0 Å². The van der Waals surface area contributed by atoms with Crippen LogP contribution in [0.5, 0.6) is 5.75 Å². The van der Waals surface area contributed by atoms with Gasteiger partial charge in [-0.15, -0.1) is 0 Å². The molecule has 1 aromatic carbocycles. The van der Waals surface area contributed by atoms with E-state index < -0.39 is 0 Å². The van der Waals surface area contributed by atoms with Gasteiger partial charge in [0.25, 0.3) is 0 Å². The molecule has 0 atom stereocenters. The lowest BCUT2D eigenvalue weighted by Gasteiger charge is -2.24. The number of hydrogen-bond donors (Lipinski definition) is 1. The van der Waals surface area contributed by atoms with Crippen molar-refractivity contribution in [2.75, 3.05) is 12.8 Å². The van der Waals surface area contributed by atoms with Gasteiger partial charge in [-0.05, 0) is 29.5 Å². The van der Waals surface area contributed by atoms with E-state index in [2.05, 4.69) is 26.8 Å². The maximum atomic E-state index is 5.86. The molecule has 0 bridgehead atoms. The molecule has 2 N–H and O–H groups in total. The molecular formula is C12H19NO. The summed E-state index contributed by atoms with van der Waals surface area (Å²) in [6, 6.07) is 6.02. The molecule has 0 fully saturated rings. The van der Waals surface area contributed by atoms with Crippen molar-refractivity contribution in [2.45, 2.75) is 32.6 Å². The van der Waals surface area contributed by atoms with Crippen molar-refractivity contribution in [2.24, 2.45) is 0 Å². The summed E-state index contributed by atoms with van der Waals surface area (Å²) in [6.45, 7) is 6.61. The average molecular weight is 193 g/mol. The zero-order valence-corrected chi connectivity index (χ0v) is 9.42. The van der Waals surface area contributed by atoms with E-state index in [1.54, 1.807) is 7.11 Å². The van der Waals surface area contributed by atoms with Gasteiger partial charge in [-0.1, -0.05) is 26.8 Å². The molecule has 0 aliphatic carbocycles. The lowest BCUT2D eigenvalue weighted by Crippen LogP contribution is -2.15. The zero-order valence-electron chi connectivity index (χ0n) is 9.42. The first-order chi connectivity index (χ1) is 6.51. The van der Waals surface area contributed by atoms with Crippen LogP contribution in [0.1, 0.15) is 32.8 Å². The van der Waals surface area contributed by atoms with E-state index in [-0.39, 0.29) is 5.41 Å². The fraction of sp³-hybridized carbons (Fsp3) is 0.500. The van der Waals surface area contributed by atoms with Crippen LogP contribution in [0, 0.1) is 0 Å². The normalized spacial score (nSPS) is 11.4. The van der Waals surface area contributed by atoms with Crippen LogP contribution in [0.3, 0.4) is 0 Å². The molecule has 78 valence electrons. The number of benzene rings is 1. The summed E-state index contributed by atoms with van der Waals surface area (Å²) >= 11 is 0. The van der Waals surface area contributed by atoms with Crippen LogP contribution >= 0.6 is 0 Å². The molecule has 2 nitrogen and oxygen atoms in total. The second kappa shape index (κ2) is 3.91. The lowest BCUT2D eigenvalue weighted by atomic mass is 9.82. The average Bonchev–Trinajstić information content (AvgIpc) is 2.17. The Hall–Kier alpha value is -1.18. The van der Waals surface area contributed by atoms with Crippen LogP contribution in [-0.4, -0.2) is 7.11 Å². The summed E-state index contributed by atoms with van der Waals surface area (Å²) < 4.78 is 5.12. The molecule has 14 heavy (non-hydrogen) atoms. The molecule has 1 aromatic rings. The number of methoxy groups -OCH3 is 1. The Kier molecular flexibility index (Phi) is 3.04. The molecule has 2 heteroatoms. The molecule has 0 aromatic heterocycles. The maximum Gasteiger partial charge on any atom is 0.141 e. The van der Waals surface area contributed by atoms with Gasteiger partial charge in [0.2, 0.25) is 0 Å². The highest BCUT2D eigenvalue weighted by Crippen LogP contribution is 2.31. The van der Waals surface area contributed by atoms with Gasteiger partial charge in [-0.2, -0.15) is 0 Å². The number of anilines is 1. The third-order valence-corrected chi connectivity index (χ3v) is 2.90. The summed E-state index contributed by atoms with van der Waals surface area (Å²) in [5, 5.41) is 0. The predicted molar refractivity (Wildman–Crippen MR) is 60.7 cm³/mol. The number of ether oxygens (including phenoxy) is 1. The molecule has 0 radical (unpaired) electrons. The highest BCUT2D eigenvalue weighted by atomic mass is 16.5. The Balaban J connectivity index is 3.08. The minimum Gasteiger partial charge on any atom is -0.495 e. The van der Waals surface area contributed by atoms with Crippen LogP contribution in [-0.2, 0) is 5.41 Å². The van der Waals surface area contributed by atoms with E-state index in [9.17, 15) is 0 Å². The van der Waals surface area contributed by atoms with E-state index in [4.69, 9.17) is 10.5 Å². The van der Waals surface area contributed by atoms with Gasteiger partial charge < -0.3 is 10.5 Å². The molecule has 0 saturated heterocycles. The van der Waals surface area contributed by atoms with Crippen LogP contribution in [0.25, 0.3) is 0 Å². The van der Waals surface area contributed by atoms with Gasteiger partial charge in [0.05, 0.1) is 12.8 Å². The third-order valence-electron chi connectivity index (χ3n) is 2.90. The summed E-state index contributed by atoms with van der Waals surface area (Å²) in [5.74, 6) is 0.751. The van der Waals surface area contributed by atoms with Gasteiger partial charge >= 0.3 is 0 Å². The number of nitrogen functional groups attached to an aromatic ring is 1. The highest BCUT2D eigenvalue weighted by molar-refractivity contribution is 5.55. The van der Waals surface area contributed by atoms with Crippen LogP contribution in [0.15, 0.2) is 18.2 Å². The van der Waals surface area contributed by atoms with Crippen molar-refractivity contribution in [3.05, 3.63) is 23.8 Å². The molecular weight excluding hydrogens is 174 g/mol. The van der Waals surface area contributed by atoms with Gasteiger partial charge in [0, 0.05) is 0 Å². The second-order valence-corrected chi connectivity index (χ2v) is 4.19. The molecule has 0 aliphatic rings. The van der Waals surface area contributed by atoms with Crippen LogP contribution < -0.4 is 10.5 Å². The van der Waals surface area contributed by atoms with E-state index in [0.717, 1.165) is 12.2 Å². The number of hydrogen-bond acceptors (Lipinski definition) is 2. The van der Waals surface area contributed by atoms with E-state index >= 15 is 0 Å². The standard InChI is InChI=1S/C12H19NO/c1-5-12(2,3)9-6-7-11(14-4)10(13)8-9/h6-8H,5,13H2,1-4H3. The van der Waals surface area contributed by atoms with Crippen molar-refractivity contribution in [3.8, 4) is 5.75 Å². The first-order valence-corrected chi connectivity index (χ1v) is 4.95. The third kappa shape index (κ3) is 2.00. The van der Waals surface area contributed by atoms with Crippen molar-refractivity contribution in [1.29, 1.82) is 0 Å². The quantitative estimate of drug-likeness (QED) is 0.749. The summed E-state index contributed by atoms with van der Waals surface area (Å²) in [7, 11) is 1.64. The predicted octanol–water partition coefficient (Wildman–Crippen LogP) is 2.97. The van der Waals surface area contributed by atoms with Gasteiger partial charge in [-0.3, -0.25) is 0 Å². The largest absolute Gasteiger partial charge is 0.495 e. The summed E-state index contributed by atoms with van der Waals surface area (Å²) in [5.41, 5.74) is 8.02. The fourth-order valence-corrected chi connectivity index (χ4v) is 1.36. The summed E-state index contributed by atoms with van der Waals surface area (Å²) in [4.78, 5) is 0. The molecule has 0 heterocycles. The van der Waals surface area contributed by atoms with Gasteiger partial charge in [0.15, 0.2) is 0 Å². The maximum absolute atomic E-state index is 5.86. The van der Waals surface area contributed by atoms with Crippen molar-refractivity contribution < 1.29 is 4.74 Å². The smallest absolute Gasteiger partial charge is 0.141 e. The van der Waals surface area contributed by atoms with Crippen molar-refractivity contribution in [3.63, 3.8) is 0 Å². The van der Waals surface area contributed by atoms with Crippen molar-refractivity contribution in [1.82, 2.24) is 0 Å². The molecule has 1 rings (SSSR count). The number of nitrogens with two attached hydrogens (primary N) is 1. The lowest BCUT2D eigenvalue weighted by molar-refractivity contribution is 0.416. The Bertz CT molecular complexity index is 318. The first kappa shape index (κ1) is 10.9.